The van der Waals surface area contributed by atoms with E-state index in [1.165, 1.54) is 0 Å². The Balaban J connectivity index is 2.07. The standard InChI is InChI=1S/C20H31N5O2/c1-7-21-19(22-12-16-9-8-10-18(24-16)25(5)6)23-13-20(4,26)17-11-14(2)27-15(17)3/h8-11,26H,7,12-13H2,1-6H3,(H2,21,22,23). The highest BCUT2D eigenvalue weighted by molar-refractivity contribution is 5.79. The second-order valence-corrected chi connectivity index (χ2v) is 7.03. The Kier molecular flexibility index (Phi) is 6.85. The average Bonchev–Trinajstić information content (AvgIpc) is 2.97. The lowest BCUT2D eigenvalue weighted by Crippen LogP contribution is -2.44. The Morgan fingerprint density at radius 3 is 2.63 bits per heavy atom. The number of guanidine groups is 1. The molecule has 27 heavy (non-hydrogen) atoms. The van der Waals surface area contributed by atoms with Crippen molar-refractivity contribution in [3.63, 3.8) is 0 Å². The van der Waals surface area contributed by atoms with Crippen LogP contribution in [0.2, 0.25) is 0 Å². The molecular formula is C20H31N5O2. The van der Waals surface area contributed by atoms with Crippen molar-refractivity contribution in [3.05, 3.63) is 47.0 Å². The van der Waals surface area contributed by atoms with Crippen LogP contribution in [0.4, 0.5) is 5.82 Å². The SMILES string of the molecule is CCNC(=NCc1cccc(N(C)C)n1)NCC(C)(O)c1cc(C)oc1C. The van der Waals surface area contributed by atoms with Crippen molar-refractivity contribution in [2.75, 3.05) is 32.1 Å². The summed E-state index contributed by atoms with van der Waals surface area (Å²) in [6.45, 7) is 8.99. The molecule has 1 unspecified atom stereocenters. The maximum Gasteiger partial charge on any atom is 0.191 e. The van der Waals surface area contributed by atoms with Crippen molar-refractivity contribution in [3.8, 4) is 0 Å². The van der Waals surface area contributed by atoms with Gasteiger partial charge in [0.1, 0.15) is 22.9 Å². The highest BCUT2D eigenvalue weighted by Crippen LogP contribution is 2.26. The van der Waals surface area contributed by atoms with Gasteiger partial charge in [-0.3, -0.25) is 0 Å². The van der Waals surface area contributed by atoms with E-state index in [0.717, 1.165) is 35.1 Å². The number of anilines is 1. The van der Waals surface area contributed by atoms with Gasteiger partial charge in [0.15, 0.2) is 5.96 Å². The Morgan fingerprint density at radius 1 is 1.30 bits per heavy atom. The van der Waals surface area contributed by atoms with Gasteiger partial charge < -0.3 is 25.1 Å². The van der Waals surface area contributed by atoms with E-state index < -0.39 is 5.60 Å². The van der Waals surface area contributed by atoms with Crippen LogP contribution >= 0.6 is 0 Å². The minimum atomic E-state index is -1.07. The van der Waals surface area contributed by atoms with Gasteiger partial charge in [-0.15, -0.1) is 0 Å². The molecule has 0 saturated carbocycles. The summed E-state index contributed by atoms with van der Waals surface area (Å²) < 4.78 is 5.55. The zero-order valence-electron chi connectivity index (χ0n) is 17.1. The first-order valence-electron chi connectivity index (χ1n) is 9.18. The summed E-state index contributed by atoms with van der Waals surface area (Å²) in [4.78, 5) is 11.1. The van der Waals surface area contributed by atoms with E-state index in [2.05, 4.69) is 20.6 Å². The third kappa shape index (κ3) is 5.72. The number of furan rings is 1. The molecule has 7 heteroatoms. The summed E-state index contributed by atoms with van der Waals surface area (Å²) in [6.07, 6.45) is 0. The molecule has 0 saturated heterocycles. The Bertz CT molecular complexity index is 780. The van der Waals surface area contributed by atoms with Gasteiger partial charge in [-0.1, -0.05) is 6.07 Å². The second kappa shape index (κ2) is 8.90. The molecule has 3 N–H and O–H groups in total. The number of aliphatic imine (C=N–C) groups is 1. The number of rotatable bonds is 7. The normalized spacial score (nSPS) is 14.0. The van der Waals surface area contributed by atoms with Crippen LogP contribution in [0.5, 0.6) is 0 Å². The van der Waals surface area contributed by atoms with Crippen LogP contribution in [0, 0.1) is 13.8 Å². The lowest BCUT2D eigenvalue weighted by molar-refractivity contribution is 0.0601. The summed E-state index contributed by atoms with van der Waals surface area (Å²) in [5.41, 5.74) is 0.594. The molecule has 0 amide bonds. The maximum absolute atomic E-state index is 10.9. The number of aromatic nitrogens is 1. The lowest BCUT2D eigenvalue weighted by Gasteiger charge is -2.24. The van der Waals surface area contributed by atoms with E-state index in [1.54, 1.807) is 6.92 Å². The lowest BCUT2D eigenvalue weighted by atomic mass is 9.96. The van der Waals surface area contributed by atoms with Gasteiger partial charge in [-0.2, -0.15) is 0 Å². The van der Waals surface area contributed by atoms with Crippen molar-refractivity contribution >= 4 is 11.8 Å². The van der Waals surface area contributed by atoms with E-state index in [4.69, 9.17) is 4.42 Å². The van der Waals surface area contributed by atoms with Crippen LogP contribution in [0.3, 0.4) is 0 Å². The van der Waals surface area contributed by atoms with E-state index in [1.807, 2.05) is 64.0 Å². The number of aryl methyl sites for hydroxylation is 2. The molecule has 0 aliphatic heterocycles. The first kappa shape index (κ1) is 20.8. The predicted molar refractivity (Wildman–Crippen MR) is 109 cm³/mol. The summed E-state index contributed by atoms with van der Waals surface area (Å²) in [6, 6.07) is 7.76. The number of hydrogen-bond acceptors (Lipinski definition) is 5. The van der Waals surface area contributed by atoms with Gasteiger partial charge in [0.05, 0.1) is 18.8 Å². The van der Waals surface area contributed by atoms with E-state index >= 15 is 0 Å². The Labute approximate surface area is 161 Å². The van der Waals surface area contributed by atoms with Gasteiger partial charge >= 0.3 is 0 Å². The van der Waals surface area contributed by atoms with E-state index in [9.17, 15) is 5.11 Å². The van der Waals surface area contributed by atoms with Gasteiger partial charge in [-0.05, 0) is 45.9 Å². The van der Waals surface area contributed by atoms with Gasteiger partial charge in [0.25, 0.3) is 0 Å². The fourth-order valence-electron chi connectivity index (χ4n) is 2.82. The molecule has 2 aromatic heterocycles. The molecule has 0 radical (unpaired) electrons. The zero-order valence-corrected chi connectivity index (χ0v) is 17.1. The second-order valence-electron chi connectivity index (χ2n) is 7.03. The van der Waals surface area contributed by atoms with Crippen LogP contribution in [-0.2, 0) is 12.1 Å². The predicted octanol–water partition coefficient (Wildman–Crippen LogP) is 2.32. The summed E-state index contributed by atoms with van der Waals surface area (Å²) in [7, 11) is 3.92. The van der Waals surface area contributed by atoms with Crippen LogP contribution in [0.25, 0.3) is 0 Å². The number of nitrogens with zero attached hydrogens (tertiary/aromatic N) is 3. The van der Waals surface area contributed by atoms with Crippen molar-refractivity contribution in [2.24, 2.45) is 4.99 Å². The van der Waals surface area contributed by atoms with Crippen molar-refractivity contribution in [1.29, 1.82) is 0 Å². The first-order valence-corrected chi connectivity index (χ1v) is 9.18. The van der Waals surface area contributed by atoms with Gasteiger partial charge in [0.2, 0.25) is 0 Å². The van der Waals surface area contributed by atoms with E-state index in [0.29, 0.717) is 19.0 Å². The van der Waals surface area contributed by atoms with Crippen LogP contribution in [0.1, 0.15) is 36.6 Å². The quantitative estimate of drug-likeness (QED) is 0.510. The molecule has 2 aromatic rings. The molecule has 7 nitrogen and oxygen atoms in total. The number of hydrogen-bond donors (Lipinski definition) is 3. The van der Waals surface area contributed by atoms with Gasteiger partial charge in [-0.25, -0.2) is 9.98 Å². The monoisotopic (exact) mass is 373 g/mol. The molecule has 0 aliphatic carbocycles. The number of aliphatic hydroxyl groups is 1. The fourth-order valence-corrected chi connectivity index (χ4v) is 2.82. The third-order valence-corrected chi connectivity index (χ3v) is 4.21. The molecule has 1 atom stereocenters. The molecule has 0 fully saturated rings. The molecule has 0 spiro atoms. The van der Waals surface area contributed by atoms with Crippen molar-refractivity contribution < 1.29 is 9.52 Å². The summed E-state index contributed by atoms with van der Waals surface area (Å²) >= 11 is 0. The topological polar surface area (TPSA) is 85.9 Å². The van der Waals surface area contributed by atoms with E-state index in [-0.39, 0.29) is 0 Å². The molecule has 148 valence electrons. The maximum atomic E-state index is 10.9. The smallest absolute Gasteiger partial charge is 0.191 e. The molecular weight excluding hydrogens is 342 g/mol. The van der Waals surface area contributed by atoms with Crippen LogP contribution in [-0.4, -0.2) is 43.2 Å². The van der Waals surface area contributed by atoms with Crippen molar-refractivity contribution in [1.82, 2.24) is 15.6 Å². The molecule has 2 heterocycles. The highest BCUT2D eigenvalue weighted by atomic mass is 16.3. The van der Waals surface area contributed by atoms with Crippen LogP contribution in [0.15, 0.2) is 33.7 Å². The first-order chi connectivity index (χ1) is 12.7. The largest absolute Gasteiger partial charge is 0.466 e. The Hall–Kier alpha value is -2.54. The minimum absolute atomic E-state index is 0.309. The Morgan fingerprint density at radius 2 is 2.04 bits per heavy atom. The highest BCUT2D eigenvalue weighted by Gasteiger charge is 2.27. The minimum Gasteiger partial charge on any atom is -0.466 e. The fraction of sp³-hybridized carbons (Fsp3) is 0.500. The summed E-state index contributed by atoms with van der Waals surface area (Å²) in [5, 5.41) is 17.3. The molecule has 0 bridgehead atoms. The third-order valence-electron chi connectivity index (χ3n) is 4.21. The number of nitrogens with one attached hydrogen (secondary N) is 2. The summed E-state index contributed by atoms with van der Waals surface area (Å²) in [5.74, 6) is 3.04. The van der Waals surface area contributed by atoms with Crippen LogP contribution < -0.4 is 15.5 Å². The molecule has 0 aromatic carbocycles. The van der Waals surface area contributed by atoms with Gasteiger partial charge in [0, 0.05) is 26.2 Å². The number of pyridine rings is 1. The van der Waals surface area contributed by atoms with Crippen molar-refractivity contribution in [2.45, 2.75) is 39.8 Å². The molecule has 0 aliphatic rings. The zero-order chi connectivity index (χ0) is 20.0. The molecule has 2 rings (SSSR count). The average molecular weight is 374 g/mol.